The number of aromatic nitrogens is 2. The highest BCUT2D eigenvalue weighted by atomic mass is 35.5. The molecular weight excluding hydrogens is 292 g/mol. The Labute approximate surface area is 127 Å². The molecule has 0 aliphatic carbocycles. The van der Waals surface area contributed by atoms with E-state index in [2.05, 4.69) is 15.3 Å². The molecule has 0 fully saturated rings. The van der Waals surface area contributed by atoms with Gasteiger partial charge in [0.05, 0.1) is 18.5 Å². The number of hydrogen-bond acceptors (Lipinski definition) is 5. The molecule has 0 bridgehead atoms. The number of nitrogens with one attached hydrogen (secondary N) is 1. The van der Waals surface area contributed by atoms with E-state index in [1.54, 1.807) is 23.2 Å². The lowest BCUT2D eigenvalue weighted by atomic mass is 10.2. The molecule has 2 heterocycles. The van der Waals surface area contributed by atoms with Crippen LogP contribution in [0.2, 0.25) is 5.15 Å². The maximum Gasteiger partial charge on any atom is 0.255 e. The molecular formula is C14H15ClN4O2. The monoisotopic (exact) mass is 306 g/mol. The van der Waals surface area contributed by atoms with Crippen molar-refractivity contribution in [3.05, 3.63) is 46.9 Å². The first-order valence-corrected chi connectivity index (χ1v) is 6.59. The summed E-state index contributed by atoms with van der Waals surface area (Å²) >= 11 is 5.93. The van der Waals surface area contributed by atoms with Gasteiger partial charge < -0.3 is 15.3 Å². The summed E-state index contributed by atoms with van der Waals surface area (Å²) in [6, 6.07) is 4.76. The van der Waals surface area contributed by atoms with Gasteiger partial charge in [0.2, 0.25) is 0 Å². The SMILES string of the molecule is CN(C)c1cc(C(=O)Nc2cnccc2CO)cc(Cl)n1. The third-order valence-electron chi connectivity index (χ3n) is 2.83. The summed E-state index contributed by atoms with van der Waals surface area (Å²) in [6.45, 7) is -0.182. The van der Waals surface area contributed by atoms with E-state index in [0.29, 0.717) is 22.6 Å². The number of aliphatic hydroxyl groups is 1. The number of halogens is 1. The fourth-order valence-electron chi connectivity index (χ4n) is 1.71. The van der Waals surface area contributed by atoms with Crippen molar-refractivity contribution in [3.63, 3.8) is 0 Å². The zero-order valence-electron chi connectivity index (χ0n) is 11.7. The summed E-state index contributed by atoms with van der Waals surface area (Å²) in [5, 5.41) is 12.2. The van der Waals surface area contributed by atoms with Crippen molar-refractivity contribution in [2.75, 3.05) is 24.3 Å². The molecule has 0 saturated carbocycles. The molecule has 0 unspecified atom stereocenters. The quantitative estimate of drug-likeness (QED) is 0.844. The van der Waals surface area contributed by atoms with E-state index in [1.165, 1.54) is 12.3 Å². The second-order valence-electron chi connectivity index (χ2n) is 4.58. The van der Waals surface area contributed by atoms with Crippen LogP contribution in [-0.2, 0) is 6.61 Å². The lowest BCUT2D eigenvalue weighted by Gasteiger charge is -2.13. The molecule has 0 spiro atoms. The van der Waals surface area contributed by atoms with Gasteiger partial charge in [-0.15, -0.1) is 0 Å². The summed E-state index contributed by atoms with van der Waals surface area (Å²) in [5.74, 6) is 0.242. The summed E-state index contributed by atoms with van der Waals surface area (Å²) in [6.07, 6.45) is 3.04. The third-order valence-corrected chi connectivity index (χ3v) is 3.02. The van der Waals surface area contributed by atoms with Crippen LogP contribution in [0.15, 0.2) is 30.6 Å². The Morgan fingerprint density at radius 2 is 2.19 bits per heavy atom. The second-order valence-corrected chi connectivity index (χ2v) is 4.96. The lowest BCUT2D eigenvalue weighted by Crippen LogP contribution is -2.16. The van der Waals surface area contributed by atoms with E-state index in [9.17, 15) is 9.90 Å². The summed E-state index contributed by atoms with van der Waals surface area (Å²) in [4.78, 5) is 22.1. The van der Waals surface area contributed by atoms with Gasteiger partial charge in [-0.25, -0.2) is 4.98 Å². The first kappa shape index (κ1) is 15.2. The molecule has 0 atom stereocenters. The number of amides is 1. The minimum atomic E-state index is -0.342. The maximum atomic E-state index is 12.3. The minimum Gasteiger partial charge on any atom is -0.392 e. The van der Waals surface area contributed by atoms with Gasteiger partial charge in [-0.1, -0.05) is 11.6 Å². The van der Waals surface area contributed by atoms with Gasteiger partial charge in [-0.2, -0.15) is 0 Å². The fourth-order valence-corrected chi connectivity index (χ4v) is 1.92. The first-order valence-electron chi connectivity index (χ1n) is 6.21. The van der Waals surface area contributed by atoms with Gasteiger partial charge in [0.25, 0.3) is 5.91 Å². The molecule has 7 heteroatoms. The van der Waals surface area contributed by atoms with E-state index in [4.69, 9.17) is 11.6 Å². The average Bonchev–Trinajstić information content (AvgIpc) is 2.47. The van der Waals surface area contributed by atoms with Gasteiger partial charge in [0.15, 0.2) is 0 Å². The van der Waals surface area contributed by atoms with Crippen molar-refractivity contribution in [3.8, 4) is 0 Å². The number of anilines is 2. The molecule has 2 N–H and O–H groups in total. The van der Waals surface area contributed by atoms with Crippen LogP contribution >= 0.6 is 11.6 Å². The molecule has 2 aromatic heterocycles. The molecule has 0 saturated heterocycles. The Morgan fingerprint density at radius 3 is 2.86 bits per heavy atom. The van der Waals surface area contributed by atoms with E-state index in [0.717, 1.165) is 0 Å². The van der Waals surface area contributed by atoms with E-state index in [1.807, 2.05) is 14.1 Å². The van der Waals surface area contributed by atoms with Crippen LogP contribution in [0.25, 0.3) is 0 Å². The van der Waals surface area contributed by atoms with Gasteiger partial charge in [0.1, 0.15) is 11.0 Å². The third kappa shape index (κ3) is 3.68. The molecule has 0 radical (unpaired) electrons. The fraction of sp³-hybridized carbons (Fsp3) is 0.214. The summed E-state index contributed by atoms with van der Waals surface area (Å²) in [7, 11) is 3.62. The minimum absolute atomic E-state index is 0.182. The zero-order valence-corrected chi connectivity index (χ0v) is 12.4. The van der Waals surface area contributed by atoms with Crippen LogP contribution in [0.3, 0.4) is 0 Å². The highest BCUT2D eigenvalue weighted by Gasteiger charge is 2.12. The molecule has 1 amide bonds. The Morgan fingerprint density at radius 1 is 1.43 bits per heavy atom. The van der Waals surface area contributed by atoms with Gasteiger partial charge >= 0.3 is 0 Å². The highest BCUT2D eigenvalue weighted by Crippen LogP contribution is 2.19. The van der Waals surface area contributed by atoms with E-state index >= 15 is 0 Å². The molecule has 0 aliphatic rings. The van der Waals surface area contributed by atoms with Crippen LogP contribution in [0.4, 0.5) is 11.5 Å². The highest BCUT2D eigenvalue weighted by molar-refractivity contribution is 6.30. The van der Waals surface area contributed by atoms with Crippen molar-refractivity contribution in [2.24, 2.45) is 0 Å². The Bertz CT molecular complexity index is 661. The smallest absolute Gasteiger partial charge is 0.255 e. The largest absolute Gasteiger partial charge is 0.392 e. The number of nitrogens with zero attached hydrogens (tertiary/aromatic N) is 3. The van der Waals surface area contributed by atoms with E-state index < -0.39 is 0 Å². The molecule has 0 aliphatic heterocycles. The topological polar surface area (TPSA) is 78.4 Å². The van der Waals surface area contributed by atoms with Crippen molar-refractivity contribution in [1.82, 2.24) is 9.97 Å². The maximum absolute atomic E-state index is 12.3. The van der Waals surface area contributed by atoms with Crippen molar-refractivity contribution >= 4 is 29.0 Å². The number of carbonyl (C=O) groups excluding carboxylic acids is 1. The summed E-state index contributed by atoms with van der Waals surface area (Å²) in [5.41, 5.74) is 1.43. The first-order chi connectivity index (χ1) is 10.0. The number of carbonyl (C=O) groups is 1. The standard InChI is InChI=1S/C14H15ClN4O2/c1-19(2)13-6-10(5-12(15)18-13)14(21)17-11-7-16-4-3-9(11)8-20/h3-7,20H,8H2,1-2H3,(H,17,21). The second kappa shape index (κ2) is 6.51. The normalized spacial score (nSPS) is 10.3. The van der Waals surface area contributed by atoms with Crippen molar-refractivity contribution in [1.29, 1.82) is 0 Å². The predicted octanol–water partition coefficient (Wildman–Crippen LogP) is 1.94. The number of rotatable bonds is 4. The zero-order chi connectivity index (χ0) is 15.4. The van der Waals surface area contributed by atoms with Crippen LogP contribution in [0.1, 0.15) is 15.9 Å². The summed E-state index contributed by atoms with van der Waals surface area (Å²) < 4.78 is 0. The Kier molecular flexibility index (Phi) is 4.72. The molecule has 110 valence electrons. The number of pyridine rings is 2. The van der Waals surface area contributed by atoms with Crippen LogP contribution in [0.5, 0.6) is 0 Å². The van der Waals surface area contributed by atoms with Crippen LogP contribution < -0.4 is 10.2 Å². The van der Waals surface area contributed by atoms with E-state index in [-0.39, 0.29) is 17.7 Å². The molecule has 0 aromatic carbocycles. The van der Waals surface area contributed by atoms with Crippen molar-refractivity contribution < 1.29 is 9.90 Å². The molecule has 2 rings (SSSR count). The average molecular weight is 307 g/mol. The van der Waals surface area contributed by atoms with Gasteiger partial charge in [0, 0.05) is 31.4 Å². The van der Waals surface area contributed by atoms with Gasteiger partial charge in [-0.05, 0) is 18.2 Å². The molecule has 21 heavy (non-hydrogen) atoms. The Hall–Kier alpha value is -2.18. The number of aliphatic hydroxyl groups excluding tert-OH is 1. The molecule has 2 aromatic rings. The van der Waals surface area contributed by atoms with Crippen LogP contribution in [0, 0.1) is 0 Å². The predicted molar refractivity (Wildman–Crippen MR) is 81.7 cm³/mol. The molecule has 6 nitrogen and oxygen atoms in total. The van der Waals surface area contributed by atoms with Crippen molar-refractivity contribution in [2.45, 2.75) is 6.61 Å². The lowest BCUT2D eigenvalue weighted by molar-refractivity contribution is 0.102. The number of hydrogen-bond donors (Lipinski definition) is 2. The van der Waals surface area contributed by atoms with Gasteiger partial charge in [-0.3, -0.25) is 9.78 Å². The Balaban J connectivity index is 2.28. The van der Waals surface area contributed by atoms with Crippen LogP contribution in [-0.4, -0.2) is 35.1 Å².